The largest absolute Gasteiger partial charge is 0.325 e. The van der Waals surface area contributed by atoms with Crippen molar-refractivity contribution in [2.24, 2.45) is 5.92 Å². The quantitative estimate of drug-likeness (QED) is 0.739. The number of nitrogens with one attached hydrogen (secondary N) is 2. The molecule has 6 nitrogen and oxygen atoms in total. The summed E-state index contributed by atoms with van der Waals surface area (Å²) in [6, 6.07) is -0.177. The van der Waals surface area contributed by atoms with Gasteiger partial charge in [0, 0.05) is 19.6 Å². The van der Waals surface area contributed by atoms with Crippen molar-refractivity contribution in [3.63, 3.8) is 0 Å². The molecule has 1 spiro atoms. The molecule has 6 heteroatoms. The Labute approximate surface area is 126 Å². The van der Waals surface area contributed by atoms with Crippen LogP contribution >= 0.6 is 0 Å². The van der Waals surface area contributed by atoms with E-state index in [0.717, 1.165) is 58.4 Å². The van der Waals surface area contributed by atoms with Crippen LogP contribution in [0.15, 0.2) is 0 Å². The lowest BCUT2D eigenvalue weighted by atomic mass is 9.87. The summed E-state index contributed by atoms with van der Waals surface area (Å²) in [6.45, 7) is 7.50. The molecule has 3 heterocycles. The van der Waals surface area contributed by atoms with Crippen LogP contribution in [0, 0.1) is 5.92 Å². The summed E-state index contributed by atoms with van der Waals surface area (Å²) in [5.41, 5.74) is -0.615. The fourth-order valence-corrected chi connectivity index (χ4v) is 3.75. The molecule has 118 valence electrons. The van der Waals surface area contributed by atoms with Gasteiger partial charge in [0.25, 0.3) is 5.91 Å². The Morgan fingerprint density at radius 3 is 2.48 bits per heavy atom. The normalized spacial score (nSPS) is 27.4. The van der Waals surface area contributed by atoms with Crippen LogP contribution < -0.4 is 10.6 Å². The second kappa shape index (κ2) is 5.93. The van der Waals surface area contributed by atoms with Crippen molar-refractivity contribution in [1.82, 2.24) is 20.4 Å². The number of nitrogens with zero attached hydrogens (tertiary/aromatic N) is 2. The number of rotatable bonds is 3. The van der Waals surface area contributed by atoms with E-state index in [4.69, 9.17) is 0 Å². The van der Waals surface area contributed by atoms with Gasteiger partial charge >= 0.3 is 6.03 Å². The summed E-state index contributed by atoms with van der Waals surface area (Å²) in [5.74, 6) is 0.466. The maximum Gasteiger partial charge on any atom is 0.325 e. The van der Waals surface area contributed by atoms with Gasteiger partial charge in [0.05, 0.1) is 0 Å². The van der Waals surface area contributed by atoms with E-state index in [1.54, 1.807) is 0 Å². The van der Waals surface area contributed by atoms with E-state index >= 15 is 0 Å². The summed E-state index contributed by atoms with van der Waals surface area (Å²) in [4.78, 5) is 28.8. The third-order valence-electron chi connectivity index (χ3n) is 5.30. The van der Waals surface area contributed by atoms with Gasteiger partial charge in [-0.1, -0.05) is 6.92 Å². The van der Waals surface area contributed by atoms with Crippen molar-refractivity contribution in [1.29, 1.82) is 0 Å². The molecule has 3 aliphatic rings. The molecule has 0 unspecified atom stereocenters. The van der Waals surface area contributed by atoms with Gasteiger partial charge in [-0.25, -0.2) is 4.79 Å². The Balaban J connectivity index is 1.64. The molecule has 0 bridgehead atoms. The molecule has 0 aromatic heterocycles. The van der Waals surface area contributed by atoms with Crippen LogP contribution in [0.4, 0.5) is 4.79 Å². The van der Waals surface area contributed by atoms with Gasteiger partial charge in [-0.2, -0.15) is 0 Å². The lowest BCUT2D eigenvalue weighted by Gasteiger charge is -2.37. The summed E-state index contributed by atoms with van der Waals surface area (Å²) >= 11 is 0. The third-order valence-corrected chi connectivity index (χ3v) is 5.30. The van der Waals surface area contributed by atoms with Gasteiger partial charge in [-0.15, -0.1) is 0 Å². The SMILES string of the molecule is CCN1CCC2(CC1)NC(=O)N(CC1CCNCC1)C2=O. The Morgan fingerprint density at radius 1 is 1.19 bits per heavy atom. The predicted octanol–water partition coefficient (Wildman–Crippen LogP) is 0.392. The number of carbonyl (C=O) groups excluding carboxylic acids is 2. The number of urea groups is 1. The average Bonchev–Trinajstić information content (AvgIpc) is 2.74. The maximum atomic E-state index is 12.8. The van der Waals surface area contributed by atoms with Crippen LogP contribution in [0.25, 0.3) is 0 Å². The van der Waals surface area contributed by atoms with Gasteiger partial charge in [0.15, 0.2) is 0 Å². The molecule has 0 saturated carbocycles. The number of carbonyl (C=O) groups is 2. The number of likely N-dealkylation sites (tertiary alicyclic amines) is 1. The predicted molar refractivity (Wildman–Crippen MR) is 79.9 cm³/mol. The summed E-state index contributed by atoms with van der Waals surface area (Å²) in [6.07, 6.45) is 3.59. The van der Waals surface area contributed by atoms with E-state index < -0.39 is 5.54 Å². The highest BCUT2D eigenvalue weighted by Crippen LogP contribution is 2.30. The van der Waals surface area contributed by atoms with Gasteiger partial charge in [0.1, 0.15) is 5.54 Å². The second-order valence-corrected chi connectivity index (χ2v) is 6.56. The first-order valence-electron chi connectivity index (χ1n) is 8.22. The molecule has 3 rings (SSSR count). The van der Waals surface area contributed by atoms with Gasteiger partial charge in [0.2, 0.25) is 0 Å². The molecular formula is C15H26N4O2. The van der Waals surface area contributed by atoms with Crippen LogP contribution in [-0.4, -0.2) is 66.5 Å². The lowest BCUT2D eigenvalue weighted by Crippen LogP contribution is -2.55. The number of piperidine rings is 2. The minimum atomic E-state index is -0.615. The van der Waals surface area contributed by atoms with Gasteiger partial charge in [-0.3, -0.25) is 9.69 Å². The molecule has 3 amide bonds. The molecule has 0 radical (unpaired) electrons. The van der Waals surface area contributed by atoms with Crippen molar-refractivity contribution in [2.75, 3.05) is 39.3 Å². The maximum absolute atomic E-state index is 12.8. The van der Waals surface area contributed by atoms with Gasteiger partial charge < -0.3 is 15.5 Å². The fraction of sp³-hybridized carbons (Fsp3) is 0.867. The first kappa shape index (κ1) is 14.8. The van der Waals surface area contributed by atoms with Crippen LogP contribution in [0.3, 0.4) is 0 Å². The smallest absolute Gasteiger partial charge is 0.323 e. The molecule has 0 atom stereocenters. The number of hydrogen-bond donors (Lipinski definition) is 2. The zero-order valence-electron chi connectivity index (χ0n) is 12.9. The highest BCUT2D eigenvalue weighted by atomic mass is 16.2. The minimum Gasteiger partial charge on any atom is -0.323 e. The second-order valence-electron chi connectivity index (χ2n) is 6.56. The van der Waals surface area contributed by atoms with Crippen LogP contribution in [0.2, 0.25) is 0 Å². The van der Waals surface area contributed by atoms with E-state index in [-0.39, 0.29) is 11.9 Å². The Kier molecular flexibility index (Phi) is 4.17. The first-order valence-corrected chi connectivity index (χ1v) is 8.22. The van der Waals surface area contributed by atoms with E-state index in [2.05, 4.69) is 22.5 Å². The minimum absolute atomic E-state index is 0.0155. The molecule has 0 aromatic carbocycles. The monoisotopic (exact) mass is 294 g/mol. The van der Waals surface area contributed by atoms with Gasteiger partial charge in [-0.05, 0) is 51.2 Å². The van der Waals surface area contributed by atoms with E-state index in [1.807, 2.05) is 0 Å². The summed E-state index contributed by atoms with van der Waals surface area (Å²) in [5, 5.41) is 6.32. The molecule has 3 fully saturated rings. The standard InChI is InChI=1S/C15H26N4O2/c1-2-18-9-5-15(6-10-18)13(20)19(14(21)17-15)11-12-3-7-16-8-4-12/h12,16H,2-11H2,1H3,(H,17,21). The van der Waals surface area contributed by atoms with Crippen LogP contribution in [-0.2, 0) is 4.79 Å². The zero-order chi connectivity index (χ0) is 14.9. The lowest BCUT2D eigenvalue weighted by molar-refractivity contribution is -0.133. The highest BCUT2D eigenvalue weighted by Gasteiger charge is 2.52. The molecule has 3 saturated heterocycles. The average molecular weight is 294 g/mol. The molecule has 2 N–H and O–H groups in total. The van der Waals surface area contributed by atoms with Crippen molar-refractivity contribution < 1.29 is 9.59 Å². The summed E-state index contributed by atoms with van der Waals surface area (Å²) < 4.78 is 0. The Hall–Kier alpha value is -1.14. The molecule has 21 heavy (non-hydrogen) atoms. The van der Waals surface area contributed by atoms with Crippen molar-refractivity contribution in [2.45, 2.75) is 38.1 Å². The van der Waals surface area contributed by atoms with E-state index in [9.17, 15) is 9.59 Å². The molecule has 0 aliphatic carbocycles. The summed E-state index contributed by atoms with van der Waals surface area (Å²) in [7, 11) is 0. The topological polar surface area (TPSA) is 64.7 Å². The van der Waals surface area contributed by atoms with E-state index in [0.29, 0.717) is 12.5 Å². The van der Waals surface area contributed by atoms with Crippen LogP contribution in [0.1, 0.15) is 32.6 Å². The van der Waals surface area contributed by atoms with E-state index in [1.165, 1.54) is 4.90 Å². The first-order chi connectivity index (χ1) is 10.1. The van der Waals surface area contributed by atoms with Crippen molar-refractivity contribution >= 4 is 11.9 Å². The Morgan fingerprint density at radius 2 is 1.86 bits per heavy atom. The number of amides is 3. The Bertz CT molecular complexity index is 412. The highest BCUT2D eigenvalue weighted by molar-refractivity contribution is 6.07. The number of imide groups is 1. The molecular weight excluding hydrogens is 268 g/mol. The molecule has 3 aliphatic heterocycles. The van der Waals surface area contributed by atoms with Crippen molar-refractivity contribution in [3.05, 3.63) is 0 Å². The molecule has 0 aromatic rings. The zero-order valence-corrected chi connectivity index (χ0v) is 12.9. The third kappa shape index (κ3) is 2.79. The number of hydrogen-bond acceptors (Lipinski definition) is 4. The fourth-order valence-electron chi connectivity index (χ4n) is 3.75. The van der Waals surface area contributed by atoms with Crippen molar-refractivity contribution in [3.8, 4) is 0 Å². The van der Waals surface area contributed by atoms with Crippen LogP contribution in [0.5, 0.6) is 0 Å².